The van der Waals surface area contributed by atoms with Crippen LogP contribution in [0.5, 0.6) is 0 Å². The van der Waals surface area contributed by atoms with E-state index < -0.39 is 17.7 Å². The fraction of sp³-hybridized carbons (Fsp3) is 0.467. The Balaban J connectivity index is 2.23. The van der Waals surface area contributed by atoms with Gasteiger partial charge in [0.2, 0.25) is 0 Å². The van der Waals surface area contributed by atoms with E-state index >= 15 is 0 Å². The fourth-order valence-electron chi connectivity index (χ4n) is 1.91. The van der Waals surface area contributed by atoms with Crippen LogP contribution in [0.3, 0.4) is 0 Å². The van der Waals surface area contributed by atoms with E-state index in [-0.39, 0.29) is 11.6 Å². The number of carboxylic acid groups (broad SMARTS) is 1. The van der Waals surface area contributed by atoms with Crippen LogP contribution >= 0.6 is 0 Å². The van der Waals surface area contributed by atoms with Crippen molar-refractivity contribution in [2.24, 2.45) is 0 Å². The van der Waals surface area contributed by atoms with Gasteiger partial charge in [0.25, 0.3) is 0 Å². The highest BCUT2D eigenvalue weighted by molar-refractivity contribution is 5.91. The summed E-state index contributed by atoms with van der Waals surface area (Å²) in [5.74, 6) is -1.00. The van der Waals surface area contributed by atoms with Gasteiger partial charge in [-0.2, -0.15) is 0 Å². The Morgan fingerprint density at radius 3 is 2.19 bits per heavy atom. The van der Waals surface area contributed by atoms with Gasteiger partial charge in [-0.05, 0) is 45.0 Å². The molecule has 0 aliphatic carbocycles. The Morgan fingerprint density at radius 2 is 1.81 bits per heavy atom. The number of ether oxygens (including phenoxy) is 2. The first-order valence-corrected chi connectivity index (χ1v) is 6.71. The molecule has 0 atom stereocenters. The summed E-state index contributed by atoms with van der Waals surface area (Å²) >= 11 is 0. The van der Waals surface area contributed by atoms with Gasteiger partial charge < -0.3 is 14.6 Å². The smallest absolute Gasteiger partial charge is 0.415 e. The van der Waals surface area contributed by atoms with E-state index in [2.05, 4.69) is 0 Å². The van der Waals surface area contributed by atoms with Crippen molar-refractivity contribution >= 4 is 17.7 Å². The summed E-state index contributed by atoms with van der Waals surface area (Å²) in [6, 6.07) is 6.05. The first kappa shape index (κ1) is 15.3. The van der Waals surface area contributed by atoms with Gasteiger partial charge in [0.1, 0.15) is 5.60 Å². The summed E-state index contributed by atoms with van der Waals surface area (Å²) in [5.41, 5.74) is 0.177. The number of carboxylic acids is 1. The van der Waals surface area contributed by atoms with Crippen LogP contribution in [0.15, 0.2) is 24.3 Å². The van der Waals surface area contributed by atoms with E-state index in [4.69, 9.17) is 14.6 Å². The number of hydrogen-bond donors (Lipinski definition) is 1. The largest absolute Gasteiger partial charge is 0.478 e. The van der Waals surface area contributed by atoms with Crippen molar-refractivity contribution in [3.63, 3.8) is 0 Å². The number of carbonyl (C=O) groups is 2. The molecule has 1 aliphatic rings. The summed E-state index contributed by atoms with van der Waals surface area (Å²) in [5, 5.41) is 8.92. The Kier molecular flexibility index (Phi) is 4.18. The zero-order chi connectivity index (χ0) is 15.6. The van der Waals surface area contributed by atoms with Crippen molar-refractivity contribution in [2.45, 2.75) is 32.4 Å². The third-order valence-corrected chi connectivity index (χ3v) is 2.97. The SMILES string of the molecule is CC(C)(C)OC(=O)N(c1ccc(C(=O)O)cc1)C1COC1. The second-order valence-corrected chi connectivity index (χ2v) is 5.89. The lowest BCUT2D eigenvalue weighted by Crippen LogP contribution is -2.53. The minimum absolute atomic E-state index is 0.0875. The number of nitrogens with zero attached hydrogens (tertiary/aromatic N) is 1. The van der Waals surface area contributed by atoms with Crippen molar-refractivity contribution in [1.29, 1.82) is 0 Å². The van der Waals surface area contributed by atoms with Crippen LogP contribution in [0.2, 0.25) is 0 Å². The highest BCUT2D eigenvalue weighted by Crippen LogP contribution is 2.24. The zero-order valence-corrected chi connectivity index (χ0v) is 12.3. The lowest BCUT2D eigenvalue weighted by Gasteiger charge is -2.38. The molecule has 1 aliphatic heterocycles. The van der Waals surface area contributed by atoms with Gasteiger partial charge in [-0.25, -0.2) is 9.59 Å². The second-order valence-electron chi connectivity index (χ2n) is 5.89. The molecular formula is C15H19NO5. The molecule has 1 N–H and O–H groups in total. The van der Waals surface area contributed by atoms with Gasteiger partial charge >= 0.3 is 12.1 Å². The Hall–Kier alpha value is -2.08. The van der Waals surface area contributed by atoms with E-state index in [0.29, 0.717) is 18.9 Å². The van der Waals surface area contributed by atoms with Crippen LogP contribution in [0.4, 0.5) is 10.5 Å². The predicted octanol–water partition coefficient (Wildman–Crippen LogP) is 2.53. The lowest BCUT2D eigenvalue weighted by atomic mass is 10.1. The zero-order valence-electron chi connectivity index (χ0n) is 12.3. The van der Waals surface area contributed by atoms with Crippen molar-refractivity contribution in [3.05, 3.63) is 29.8 Å². The molecule has 6 heteroatoms. The topological polar surface area (TPSA) is 76.1 Å². The van der Waals surface area contributed by atoms with E-state index in [9.17, 15) is 9.59 Å². The summed E-state index contributed by atoms with van der Waals surface area (Å²) in [4.78, 5) is 24.7. The molecule has 1 heterocycles. The minimum atomic E-state index is -1.00. The molecule has 1 fully saturated rings. The molecule has 0 aromatic heterocycles. The average Bonchev–Trinajstić information content (AvgIpc) is 2.31. The molecule has 1 saturated heterocycles. The fourth-order valence-corrected chi connectivity index (χ4v) is 1.91. The molecule has 21 heavy (non-hydrogen) atoms. The predicted molar refractivity (Wildman–Crippen MR) is 76.7 cm³/mol. The third-order valence-electron chi connectivity index (χ3n) is 2.97. The standard InChI is InChI=1S/C15H19NO5/c1-15(2,3)21-14(19)16(12-8-20-9-12)11-6-4-10(5-7-11)13(17)18/h4-7,12H,8-9H2,1-3H3,(H,17,18). The number of rotatable bonds is 3. The normalized spacial score (nSPS) is 15.2. The maximum Gasteiger partial charge on any atom is 0.415 e. The number of benzene rings is 1. The van der Waals surface area contributed by atoms with Gasteiger partial charge in [-0.3, -0.25) is 4.90 Å². The molecule has 0 unspecified atom stereocenters. The van der Waals surface area contributed by atoms with E-state index in [1.807, 2.05) is 0 Å². The summed E-state index contributed by atoms with van der Waals surface area (Å²) in [7, 11) is 0. The first-order valence-electron chi connectivity index (χ1n) is 6.71. The molecule has 1 aromatic rings. The third kappa shape index (κ3) is 3.72. The van der Waals surface area contributed by atoms with Crippen LogP contribution in [-0.2, 0) is 9.47 Å². The van der Waals surface area contributed by atoms with Gasteiger partial charge in [0, 0.05) is 5.69 Å². The Bertz CT molecular complexity index is 528. The molecule has 0 spiro atoms. The van der Waals surface area contributed by atoms with Gasteiger partial charge in [-0.15, -0.1) is 0 Å². The van der Waals surface area contributed by atoms with Crippen molar-refractivity contribution < 1.29 is 24.2 Å². The molecule has 0 radical (unpaired) electrons. The molecule has 1 amide bonds. The van der Waals surface area contributed by atoms with Crippen molar-refractivity contribution in [3.8, 4) is 0 Å². The number of amides is 1. The quantitative estimate of drug-likeness (QED) is 0.926. The van der Waals surface area contributed by atoms with Crippen molar-refractivity contribution in [2.75, 3.05) is 18.1 Å². The van der Waals surface area contributed by atoms with Crippen LogP contribution in [0.1, 0.15) is 31.1 Å². The molecule has 0 saturated carbocycles. The second kappa shape index (κ2) is 5.73. The number of carbonyl (C=O) groups excluding carboxylic acids is 1. The molecular weight excluding hydrogens is 274 g/mol. The minimum Gasteiger partial charge on any atom is -0.478 e. The maximum absolute atomic E-state index is 12.3. The van der Waals surface area contributed by atoms with Gasteiger partial charge in [0.15, 0.2) is 0 Å². The maximum atomic E-state index is 12.3. The molecule has 1 aromatic carbocycles. The summed E-state index contributed by atoms with van der Waals surface area (Å²) in [6.07, 6.45) is -0.459. The average molecular weight is 293 g/mol. The van der Waals surface area contributed by atoms with Crippen LogP contribution in [0.25, 0.3) is 0 Å². The highest BCUT2D eigenvalue weighted by Gasteiger charge is 2.34. The Labute approximate surface area is 123 Å². The summed E-state index contributed by atoms with van der Waals surface area (Å²) < 4.78 is 10.5. The van der Waals surface area contributed by atoms with E-state index in [1.54, 1.807) is 32.9 Å². The van der Waals surface area contributed by atoms with E-state index in [1.165, 1.54) is 17.0 Å². The number of aromatic carboxylic acids is 1. The highest BCUT2D eigenvalue weighted by atomic mass is 16.6. The molecule has 6 nitrogen and oxygen atoms in total. The van der Waals surface area contributed by atoms with Gasteiger partial charge in [-0.1, -0.05) is 0 Å². The monoisotopic (exact) mass is 293 g/mol. The molecule has 114 valence electrons. The molecule has 0 bridgehead atoms. The summed E-state index contributed by atoms with van der Waals surface area (Å²) in [6.45, 7) is 6.29. The molecule has 2 rings (SSSR count). The number of hydrogen-bond acceptors (Lipinski definition) is 4. The van der Waals surface area contributed by atoms with E-state index in [0.717, 1.165) is 0 Å². The van der Waals surface area contributed by atoms with Crippen molar-refractivity contribution in [1.82, 2.24) is 0 Å². The van der Waals surface area contributed by atoms with Crippen LogP contribution in [-0.4, -0.2) is 42.0 Å². The van der Waals surface area contributed by atoms with Crippen LogP contribution in [0, 0.1) is 0 Å². The van der Waals surface area contributed by atoms with Crippen LogP contribution < -0.4 is 4.90 Å². The van der Waals surface area contributed by atoms with Gasteiger partial charge in [0.05, 0.1) is 24.8 Å². The lowest BCUT2D eigenvalue weighted by molar-refractivity contribution is -0.000361. The first-order chi connectivity index (χ1) is 9.78. The Morgan fingerprint density at radius 1 is 1.24 bits per heavy atom. The number of anilines is 1.